The van der Waals surface area contributed by atoms with Crippen molar-refractivity contribution in [2.75, 3.05) is 13.7 Å². The van der Waals surface area contributed by atoms with Crippen LogP contribution in [0.2, 0.25) is 0 Å². The smallest absolute Gasteiger partial charge is 0.442 e. The molecule has 202 valence electrons. The normalized spacial score (nSPS) is 18.6. The monoisotopic (exact) mass is 517 g/mol. The molecule has 0 spiro atoms. The van der Waals surface area contributed by atoms with E-state index < -0.39 is 47.9 Å². The fourth-order valence-electron chi connectivity index (χ4n) is 4.59. The molecule has 37 heavy (non-hydrogen) atoms. The molecule has 2 aromatic rings. The molecule has 1 aliphatic heterocycles. The molecule has 2 heterocycles. The zero-order chi connectivity index (χ0) is 27.4. The molecule has 1 saturated heterocycles. The first-order chi connectivity index (χ1) is 17.5. The number of aromatic nitrogens is 2. The number of carbonyl (C=O) groups is 3. The lowest BCUT2D eigenvalue weighted by molar-refractivity contribution is -0.147. The summed E-state index contributed by atoms with van der Waals surface area (Å²) >= 11 is 0. The van der Waals surface area contributed by atoms with Crippen LogP contribution in [0.1, 0.15) is 52.5 Å². The number of para-hydroxylation sites is 1. The van der Waals surface area contributed by atoms with Gasteiger partial charge in [-0.15, -0.1) is 5.10 Å². The van der Waals surface area contributed by atoms with Crippen molar-refractivity contribution in [1.82, 2.24) is 19.6 Å². The van der Waals surface area contributed by atoms with Crippen LogP contribution >= 0.6 is 0 Å². The van der Waals surface area contributed by atoms with Gasteiger partial charge < -0.3 is 20.0 Å². The Labute approximate surface area is 215 Å². The van der Waals surface area contributed by atoms with Gasteiger partial charge in [0.15, 0.2) is 0 Å². The van der Waals surface area contributed by atoms with Gasteiger partial charge in [0.2, 0.25) is 5.89 Å². The molecule has 1 aliphatic rings. The molecule has 0 saturated carbocycles. The second-order valence-corrected chi connectivity index (χ2v) is 9.78. The second-order valence-electron chi connectivity index (χ2n) is 9.78. The summed E-state index contributed by atoms with van der Waals surface area (Å²) in [6.45, 7) is 7.50. The fourth-order valence-corrected chi connectivity index (χ4v) is 4.59. The van der Waals surface area contributed by atoms with Gasteiger partial charge in [0.05, 0.1) is 24.9 Å². The van der Waals surface area contributed by atoms with Crippen LogP contribution in [0.5, 0.6) is 0 Å². The van der Waals surface area contributed by atoms with Crippen LogP contribution in [0.25, 0.3) is 5.69 Å². The molecule has 4 atom stereocenters. The number of benzene rings is 1. The molecule has 1 aromatic heterocycles. The highest BCUT2D eigenvalue weighted by atomic mass is 16.5. The summed E-state index contributed by atoms with van der Waals surface area (Å²) in [5.41, 5.74) is 6.43. The van der Waals surface area contributed by atoms with Gasteiger partial charge in [0, 0.05) is 6.04 Å². The van der Waals surface area contributed by atoms with Crippen molar-refractivity contribution in [3.63, 3.8) is 0 Å². The first kappa shape index (κ1) is 28.2. The first-order valence-electron chi connectivity index (χ1n) is 12.3. The highest BCUT2D eigenvalue weighted by Crippen LogP contribution is 2.32. The number of likely N-dealkylation sites (tertiary alicyclic amines) is 1. The van der Waals surface area contributed by atoms with Crippen molar-refractivity contribution in [2.24, 2.45) is 17.6 Å². The van der Waals surface area contributed by atoms with E-state index in [0.29, 0.717) is 30.0 Å². The molecule has 12 nitrogen and oxygen atoms in total. The van der Waals surface area contributed by atoms with Gasteiger partial charge in [0.25, 0.3) is 11.8 Å². The third kappa shape index (κ3) is 5.81. The Morgan fingerprint density at radius 1 is 1.16 bits per heavy atom. The third-order valence-corrected chi connectivity index (χ3v) is 6.59. The maximum absolute atomic E-state index is 13.6. The maximum atomic E-state index is 13.6. The summed E-state index contributed by atoms with van der Waals surface area (Å²) in [5, 5.41) is 15.5. The molecule has 0 radical (unpaired) electrons. The minimum absolute atomic E-state index is 0.201. The van der Waals surface area contributed by atoms with Crippen molar-refractivity contribution in [1.29, 1.82) is 0 Å². The van der Waals surface area contributed by atoms with E-state index >= 15 is 0 Å². The Morgan fingerprint density at radius 3 is 2.38 bits per heavy atom. The average Bonchev–Trinajstić information content (AvgIpc) is 3.50. The van der Waals surface area contributed by atoms with Crippen LogP contribution in [0, 0.1) is 11.8 Å². The largest absolute Gasteiger partial charge is 0.452 e. The predicted octanol–water partition coefficient (Wildman–Crippen LogP) is 1.45. The van der Waals surface area contributed by atoms with Crippen LogP contribution in [0.4, 0.5) is 4.79 Å². The lowest BCUT2D eigenvalue weighted by atomic mass is 9.95. The van der Waals surface area contributed by atoms with E-state index in [2.05, 4.69) is 5.10 Å². The van der Waals surface area contributed by atoms with Gasteiger partial charge in [-0.05, 0) is 43.4 Å². The second kappa shape index (κ2) is 11.8. The zero-order valence-corrected chi connectivity index (χ0v) is 21.7. The van der Waals surface area contributed by atoms with E-state index in [0.717, 1.165) is 11.8 Å². The Balaban J connectivity index is 1.93. The van der Waals surface area contributed by atoms with E-state index in [1.807, 2.05) is 13.8 Å². The molecule has 0 bridgehead atoms. The van der Waals surface area contributed by atoms with Crippen LogP contribution in [0.3, 0.4) is 0 Å². The molecular formula is C25H35N5O7. The summed E-state index contributed by atoms with van der Waals surface area (Å²) < 4.78 is 11.1. The van der Waals surface area contributed by atoms with Crippen molar-refractivity contribution in [3.05, 3.63) is 46.8 Å². The highest BCUT2D eigenvalue weighted by Gasteiger charge is 2.46. The number of hydrogen-bond acceptors (Lipinski definition) is 10. The van der Waals surface area contributed by atoms with Crippen LogP contribution in [-0.2, 0) is 14.3 Å². The molecular weight excluding hydrogens is 482 g/mol. The minimum Gasteiger partial charge on any atom is -0.452 e. The topological polar surface area (TPSA) is 161 Å². The van der Waals surface area contributed by atoms with E-state index in [9.17, 15) is 24.3 Å². The van der Waals surface area contributed by atoms with E-state index in [1.165, 1.54) is 0 Å². The molecule has 1 aromatic carbocycles. The number of methoxy groups -OCH3 is 1. The highest BCUT2D eigenvalue weighted by molar-refractivity contribution is 6.11. The SMILES string of the molecule is COC(=O)N(C(=O)[C@@H](N)C(C)C)C(=O)[C@@H]1CCCN1[C@@H](C(C)C)C(O)c1nn(-c2ccccc2)c(=O)o1. The van der Waals surface area contributed by atoms with Crippen molar-refractivity contribution < 1.29 is 28.6 Å². The minimum atomic E-state index is -1.37. The van der Waals surface area contributed by atoms with E-state index in [1.54, 1.807) is 49.1 Å². The predicted molar refractivity (Wildman–Crippen MR) is 132 cm³/mol. The number of imide groups is 3. The Hall–Kier alpha value is -3.35. The van der Waals surface area contributed by atoms with Gasteiger partial charge >= 0.3 is 11.8 Å². The molecule has 0 aliphatic carbocycles. The van der Waals surface area contributed by atoms with Crippen molar-refractivity contribution in [2.45, 2.75) is 64.8 Å². The van der Waals surface area contributed by atoms with Crippen LogP contribution in [0.15, 0.2) is 39.5 Å². The van der Waals surface area contributed by atoms with E-state index in [-0.39, 0.29) is 17.7 Å². The molecule has 1 unspecified atom stereocenters. The number of rotatable bonds is 8. The summed E-state index contributed by atoms with van der Waals surface area (Å²) in [4.78, 5) is 53.7. The molecule has 12 heteroatoms. The molecule has 3 amide bonds. The fraction of sp³-hybridized carbons (Fsp3) is 0.560. The number of ether oxygens (including phenoxy) is 1. The standard InChI is InChI=1S/C25H35N5O7/c1-14(2)18(26)23(33)29(24(34)36-5)22(32)17-12-9-13-28(17)19(15(3)4)20(31)21-27-30(25(35)37-21)16-10-7-6-8-11-16/h6-8,10-11,14-15,17-20,31H,9,12-13,26H2,1-5H3/t17-,18-,19-,20?/m0/s1. The summed E-state index contributed by atoms with van der Waals surface area (Å²) in [6, 6.07) is 5.91. The number of nitrogens with two attached hydrogens (primary N) is 1. The molecule has 3 N–H and O–H groups in total. The lowest BCUT2D eigenvalue weighted by Gasteiger charge is -2.38. The third-order valence-electron chi connectivity index (χ3n) is 6.59. The molecule has 1 fully saturated rings. The Morgan fingerprint density at radius 2 is 1.81 bits per heavy atom. The number of amides is 3. The van der Waals surface area contributed by atoms with Crippen LogP contribution in [-0.4, -0.2) is 74.4 Å². The summed E-state index contributed by atoms with van der Waals surface area (Å²) in [5.74, 6) is -3.14. The van der Waals surface area contributed by atoms with Crippen molar-refractivity contribution in [3.8, 4) is 5.69 Å². The van der Waals surface area contributed by atoms with Gasteiger partial charge in [-0.25, -0.2) is 9.59 Å². The van der Waals surface area contributed by atoms with E-state index in [4.69, 9.17) is 14.9 Å². The Bertz CT molecular complexity index is 1160. The van der Waals surface area contributed by atoms with Gasteiger partial charge in [-0.3, -0.25) is 14.5 Å². The van der Waals surface area contributed by atoms with Gasteiger partial charge in [0.1, 0.15) is 6.10 Å². The van der Waals surface area contributed by atoms with Gasteiger partial charge in [-0.2, -0.15) is 9.58 Å². The molecule has 3 rings (SSSR count). The number of carbonyl (C=O) groups excluding carboxylic acids is 3. The maximum Gasteiger partial charge on any atom is 0.442 e. The zero-order valence-electron chi connectivity index (χ0n) is 21.7. The number of aliphatic hydroxyl groups is 1. The summed E-state index contributed by atoms with van der Waals surface area (Å²) in [6.07, 6.45) is -1.57. The average molecular weight is 518 g/mol. The van der Waals surface area contributed by atoms with Gasteiger partial charge in [-0.1, -0.05) is 45.9 Å². The Kier molecular flexibility index (Phi) is 9.00. The summed E-state index contributed by atoms with van der Waals surface area (Å²) in [7, 11) is 1.08. The quantitative estimate of drug-likeness (QED) is 0.524. The number of nitrogens with zero attached hydrogens (tertiary/aromatic N) is 4. The van der Waals surface area contributed by atoms with Crippen molar-refractivity contribution >= 4 is 17.9 Å². The lowest BCUT2D eigenvalue weighted by Crippen LogP contribution is -2.58. The number of hydrogen-bond donors (Lipinski definition) is 2. The first-order valence-corrected chi connectivity index (χ1v) is 12.3. The van der Waals surface area contributed by atoms with Crippen LogP contribution < -0.4 is 11.5 Å². The number of aliphatic hydroxyl groups excluding tert-OH is 1.